The van der Waals surface area contributed by atoms with Crippen LogP contribution in [0.2, 0.25) is 0 Å². The fourth-order valence-electron chi connectivity index (χ4n) is 1.14. The first-order valence-corrected chi connectivity index (χ1v) is 4.48. The van der Waals surface area contributed by atoms with E-state index in [4.69, 9.17) is 0 Å². The molecule has 0 saturated heterocycles. The second-order valence-corrected chi connectivity index (χ2v) is 3.45. The summed E-state index contributed by atoms with van der Waals surface area (Å²) in [4.78, 5) is 7.60. The number of rotatable bonds is 3. The summed E-state index contributed by atoms with van der Waals surface area (Å²) >= 11 is 0. The first-order valence-electron chi connectivity index (χ1n) is 4.48. The Balaban J connectivity index is 2.05. The normalized spacial score (nSPS) is 15.8. The standard InChI is InChI=1S/C9H12FN3/c1-6-8(10)9(13-5-12-6)11-4-7-2-3-7/h5,7H,2-4H2,1H3,(H,11,12,13). The third-order valence-electron chi connectivity index (χ3n) is 2.22. The van der Waals surface area contributed by atoms with Gasteiger partial charge >= 0.3 is 0 Å². The fraction of sp³-hybridized carbons (Fsp3) is 0.556. The summed E-state index contributed by atoms with van der Waals surface area (Å²) in [6.07, 6.45) is 3.88. The molecule has 70 valence electrons. The van der Waals surface area contributed by atoms with Crippen LogP contribution in [-0.2, 0) is 0 Å². The van der Waals surface area contributed by atoms with E-state index in [1.165, 1.54) is 19.2 Å². The largest absolute Gasteiger partial charge is 0.367 e. The van der Waals surface area contributed by atoms with Crippen molar-refractivity contribution in [3.05, 3.63) is 17.8 Å². The third-order valence-corrected chi connectivity index (χ3v) is 2.22. The molecule has 0 unspecified atom stereocenters. The van der Waals surface area contributed by atoms with E-state index >= 15 is 0 Å². The van der Waals surface area contributed by atoms with Gasteiger partial charge in [0.05, 0.1) is 5.69 Å². The predicted molar refractivity (Wildman–Crippen MR) is 47.9 cm³/mol. The van der Waals surface area contributed by atoms with Crippen LogP contribution >= 0.6 is 0 Å². The SMILES string of the molecule is Cc1ncnc(NCC2CC2)c1F. The molecule has 0 atom stereocenters. The van der Waals surface area contributed by atoms with E-state index in [2.05, 4.69) is 15.3 Å². The molecule has 0 aromatic carbocycles. The van der Waals surface area contributed by atoms with Crippen LogP contribution in [0.25, 0.3) is 0 Å². The number of aryl methyl sites for hydroxylation is 1. The zero-order chi connectivity index (χ0) is 9.26. The van der Waals surface area contributed by atoms with Crippen LogP contribution in [-0.4, -0.2) is 16.5 Å². The summed E-state index contributed by atoms with van der Waals surface area (Å²) in [7, 11) is 0. The van der Waals surface area contributed by atoms with Gasteiger partial charge in [-0.15, -0.1) is 0 Å². The van der Waals surface area contributed by atoms with Gasteiger partial charge in [-0.05, 0) is 25.7 Å². The Morgan fingerprint density at radius 1 is 1.54 bits per heavy atom. The van der Waals surface area contributed by atoms with E-state index in [0.29, 0.717) is 11.5 Å². The molecule has 1 N–H and O–H groups in total. The summed E-state index contributed by atoms with van der Waals surface area (Å²) in [5.41, 5.74) is 0.397. The molecule has 0 bridgehead atoms. The molecule has 2 rings (SSSR count). The van der Waals surface area contributed by atoms with Crippen molar-refractivity contribution < 1.29 is 4.39 Å². The summed E-state index contributed by atoms with van der Waals surface area (Å²) < 4.78 is 13.3. The van der Waals surface area contributed by atoms with Gasteiger partial charge in [-0.1, -0.05) is 0 Å². The van der Waals surface area contributed by atoms with Crippen LogP contribution in [0.5, 0.6) is 0 Å². The number of aromatic nitrogens is 2. The second kappa shape index (κ2) is 3.28. The molecule has 0 amide bonds. The molecular weight excluding hydrogens is 169 g/mol. The monoisotopic (exact) mass is 181 g/mol. The number of anilines is 1. The Bertz CT molecular complexity index is 310. The van der Waals surface area contributed by atoms with E-state index in [-0.39, 0.29) is 5.82 Å². The lowest BCUT2D eigenvalue weighted by molar-refractivity contribution is 0.604. The van der Waals surface area contributed by atoms with Crippen LogP contribution in [0, 0.1) is 18.7 Å². The average Bonchev–Trinajstić information content (AvgIpc) is 2.91. The maximum atomic E-state index is 13.3. The van der Waals surface area contributed by atoms with Crippen molar-refractivity contribution in [3.63, 3.8) is 0 Å². The third kappa shape index (κ3) is 1.94. The predicted octanol–water partition coefficient (Wildman–Crippen LogP) is 1.75. The molecule has 0 radical (unpaired) electrons. The molecule has 1 fully saturated rings. The molecule has 1 saturated carbocycles. The maximum Gasteiger partial charge on any atom is 0.186 e. The van der Waals surface area contributed by atoms with Gasteiger partial charge in [0.15, 0.2) is 11.6 Å². The summed E-state index contributed by atoms with van der Waals surface area (Å²) in [6.45, 7) is 2.46. The molecule has 1 aliphatic carbocycles. The van der Waals surface area contributed by atoms with Crippen LogP contribution in [0.15, 0.2) is 6.33 Å². The number of nitrogens with zero attached hydrogens (tertiary/aromatic N) is 2. The quantitative estimate of drug-likeness (QED) is 0.771. The van der Waals surface area contributed by atoms with Crippen LogP contribution < -0.4 is 5.32 Å². The Kier molecular flexibility index (Phi) is 2.12. The molecule has 13 heavy (non-hydrogen) atoms. The fourth-order valence-corrected chi connectivity index (χ4v) is 1.14. The van der Waals surface area contributed by atoms with Gasteiger partial charge in [0, 0.05) is 6.54 Å². The van der Waals surface area contributed by atoms with Gasteiger partial charge in [-0.3, -0.25) is 0 Å². The summed E-state index contributed by atoms with van der Waals surface area (Å²) in [5, 5.41) is 2.99. The minimum atomic E-state index is -0.330. The van der Waals surface area contributed by atoms with Crippen molar-refractivity contribution in [3.8, 4) is 0 Å². The molecule has 3 nitrogen and oxygen atoms in total. The average molecular weight is 181 g/mol. The second-order valence-electron chi connectivity index (χ2n) is 3.45. The van der Waals surface area contributed by atoms with E-state index in [1.807, 2.05) is 0 Å². The van der Waals surface area contributed by atoms with E-state index in [9.17, 15) is 4.39 Å². The van der Waals surface area contributed by atoms with Crippen molar-refractivity contribution in [2.75, 3.05) is 11.9 Å². The van der Waals surface area contributed by atoms with Gasteiger partial charge in [-0.2, -0.15) is 0 Å². The smallest absolute Gasteiger partial charge is 0.186 e. The number of hydrogen-bond acceptors (Lipinski definition) is 3. The van der Waals surface area contributed by atoms with Gasteiger partial charge in [0.2, 0.25) is 0 Å². The van der Waals surface area contributed by atoms with E-state index in [1.54, 1.807) is 6.92 Å². The van der Waals surface area contributed by atoms with Crippen LogP contribution in [0.1, 0.15) is 18.5 Å². The number of halogens is 1. The highest BCUT2D eigenvalue weighted by Crippen LogP contribution is 2.28. The molecule has 1 aliphatic rings. The maximum absolute atomic E-state index is 13.3. The highest BCUT2D eigenvalue weighted by molar-refractivity contribution is 5.36. The summed E-state index contributed by atoms with van der Waals surface area (Å²) in [6, 6.07) is 0. The first kappa shape index (κ1) is 8.41. The lowest BCUT2D eigenvalue weighted by atomic mass is 10.3. The Morgan fingerprint density at radius 2 is 2.31 bits per heavy atom. The minimum absolute atomic E-state index is 0.330. The van der Waals surface area contributed by atoms with Crippen molar-refractivity contribution in [2.45, 2.75) is 19.8 Å². The Morgan fingerprint density at radius 3 is 3.00 bits per heavy atom. The lowest BCUT2D eigenvalue weighted by Crippen LogP contribution is -2.08. The molecule has 1 aromatic heterocycles. The van der Waals surface area contributed by atoms with E-state index in [0.717, 1.165) is 12.5 Å². The molecule has 4 heteroatoms. The molecule has 1 aromatic rings. The molecule has 1 heterocycles. The summed E-state index contributed by atoms with van der Waals surface area (Å²) in [5.74, 6) is 0.720. The highest BCUT2D eigenvalue weighted by Gasteiger charge is 2.21. The first-order chi connectivity index (χ1) is 6.27. The topological polar surface area (TPSA) is 37.8 Å². The minimum Gasteiger partial charge on any atom is -0.367 e. The van der Waals surface area contributed by atoms with Gasteiger partial charge in [0.1, 0.15) is 6.33 Å². The van der Waals surface area contributed by atoms with Gasteiger partial charge in [0.25, 0.3) is 0 Å². The Labute approximate surface area is 76.4 Å². The number of hydrogen-bond donors (Lipinski definition) is 1. The zero-order valence-electron chi connectivity index (χ0n) is 7.55. The van der Waals surface area contributed by atoms with Crippen molar-refractivity contribution in [2.24, 2.45) is 5.92 Å². The van der Waals surface area contributed by atoms with Crippen molar-refractivity contribution in [1.82, 2.24) is 9.97 Å². The van der Waals surface area contributed by atoms with Crippen molar-refractivity contribution >= 4 is 5.82 Å². The van der Waals surface area contributed by atoms with Gasteiger partial charge < -0.3 is 5.32 Å². The molecule has 0 spiro atoms. The Hall–Kier alpha value is -1.19. The lowest BCUT2D eigenvalue weighted by Gasteiger charge is -2.05. The van der Waals surface area contributed by atoms with Gasteiger partial charge in [-0.25, -0.2) is 14.4 Å². The highest BCUT2D eigenvalue weighted by atomic mass is 19.1. The van der Waals surface area contributed by atoms with Crippen LogP contribution in [0.4, 0.5) is 10.2 Å². The zero-order valence-corrected chi connectivity index (χ0v) is 7.55. The van der Waals surface area contributed by atoms with Crippen LogP contribution in [0.3, 0.4) is 0 Å². The van der Waals surface area contributed by atoms with E-state index < -0.39 is 0 Å². The molecule has 0 aliphatic heterocycles. The van der Waals surface area contributed by atoms with Crippen molar-refractivity contribution in [1.29, 1.82) is 0 Å². The molecular formula is C9H12FN3. The number of nitrogens with one attached hydrogen (secondary N) is 1.